The molecular formula is C17H16F3N5O. The van der Waals surface area contributed by atoms with Gasteiger partial charge in [-0.3, -0.25) is 4.79 Å². The SMILES string of the molecule is Cc1cc(CN2N=NN(c3cccc(C(F)(F)F)c3)C2C=O)ccc1N. The van der Waals surface area contributed by atoms with Gasteiger partial charge in [-0.05, 0) is 47.5 Å². The first-order valence-corrected chi connectivity index (χ1v) is 7.74. The first-order chi connectivity index (χ1) is 12.3. The van der Waals surface area contributed by atoms with Crippen LogP contribution >= 0.6 is 0 Å². The van der Waals surface area contributed by atoms with Crippen molar-refractivity contribution in [2.24, 2.45) is 10.4 Å². The zero-order valence-electron chi connectivity index (χ0n) is 13.8. The smallest absolute Gasteiger partial charge is 0.399 e. The summed E-state index contributed by atoms with van der Waals surface area (Å²) in [5, 5.41) is 10.3. The summed E-state index contributed by atoms with van der Waals surface area (Å²) in [6, 6.07) is 10.0. The molecule has 0 spiro atoms. The van der Waals surface area contributed by atoms with Crippen LogP contribution in [0.4, 0.5) is 24.5 Å². The standard InChI is InChI=1S/C17H16F3N5O/c1-11-7-12(5-6-15(11)21)9-24-16(10-26)25(23-22-24)14-4-2-3-13(8-14)17(18,19)20/h2-8,10,16H,9,21H2,1H3. The van der Waals surface area contributed by atoms with Gasteiger partial charge >= 0.3 is 6.18 Å². The van der Waals surface area contributed by atoms with Gasteiger partial charge in [-0.2, -0.15) is 13.2 Å². The summed E-state index contributed by atoms with van der Waals surface area (Å²) in [7, 11) is 0. The van der Waals surface area contributed by atoms with Gasteiger partial charge in [0.05, 0.1) is 17.8 Å². The molecule has 1 unspecified atom stereocenters. The van der Waals surface area contributed by atoms with E-state index in [0.29, 0.717) is 12.0 Å². The fourth-order valence-electron chi connectivity index (χ4n) is 2.63. The molecule has 0 amide bonds. The maximum absolute atomic E-state index is 12.9. The van der Waals surface area contributed by atoms with E-state index in [-0.39, 0.29) is 12.2 Å². The first kappa shape index (κ1) is 17.7. The van der Waals surface area contributed by atoms with E-state index in [9.17, 15) is 18.0 Å². The van der Waals surface area contributed by atoms with Crippen LogP contribution in [0.15, 0.2) is 52.9 Å². The van der Waals surface area contributed by atoms with Crippen LogP contribution in [0.3, 0.4) is 0 Å². The predicted molar refractivity (Wildman–Crippen MR) is 89.8 cm³/mol. The molecule has 2 N–H and O–H groups in total. The Hall–Kier alpha value is -3.10. The molecule has 9 heteroatoms. The van der Waals surface area contributed by atoms with Gasteiger partial charge in [0.1, 0.15) is 0 Å². The van der Waals surface area contributed by atoms with Gasteiger partial charge in [-0.1, -0.05) is 23.4 Å². The van der Waals surface area contributed by atoms with E-state index in [4.69, 9.17) is 5.73 Å². The zero-order valence-corrected chi connectivity index (χ0v) is 13.8. The Morgan fingerprint density at radius 1 is 1.19 bits per heavy atom. The van der Waals surface area contributed by atoms with Gasteiger partial charge in [0, 0.05) is 5.69 Å². The van der Waals surface area contributed by atoms with Crippen LogP contribution in [0.2, 0.25) is 0 Å². The Labute approximate surface area is 147 Å². The number of anilines is 2. The fourth-order valence-corrected chi connectivity index (χ4v) is 2.63. The van der Waals surface area contributed by atoms with Crippen molar-refractivity contribution in [3.63, 3.8) is 0 Å². The van der Waals surface area contributed by atoms with Crippen molar-refractivity contribution in [3.8, 4) is 0 Å². The van der Waals surface area contributed by atoms with Crippen molar-refractivity contribution in [1.29, 1.82) is 0 Å². The van der Waals surface area contributed by atoms with Crippen molar-refractivity contribution in [2.45, 2.75) is 25.8 Å². The summed E-state index contributed by atoms with van der Waals surface area (Å²) in [6.07, 6.45) is -4.83. The van der Waals surface area contributed by atoms with Gasteiger partial charge in [-0.25, -0.2) is 10.0 Å². The average Bonchev–Trinajstić information content (AvgIpc) is 3.00. The molecule has 6 nitrogen and oxygen atoms in total. The maximum Gasteiger partial charge on any atom is 0.416 e. The van der Waals surface area contributed by atoms with E-state index in [0.717, 1.165) is 28.3 Å². The highest BCUT2D eigenvalue weighted by Crippen LogP contribution is 2.33. The summed E-state index contributed by atoms with van der Waals surface area (Å²) >= 11 is 0. The second kappa shape index (κ2) is 6.66. The van der Waals surface area contributed by atoms with Gasteiger partial charge in [0.25, 0.3) is 0 Å². The number of hydrogen-bond donors (Lipinski definition) is 1. The molecule has 0 radical (unpaired) electrons. The Morgan fingerprint density at radius 2 is 1.96 bits per heavy atom. The molecule has 1 atom stereocenters. The summed E-state index contributed by atoms with van der Waals surface area (Å²) in [4.78, 5) is 11.5. The number of halogens is 3. The van der Waals surface area contributed by atoms with Crippen molar-refractivity contribution in [2.75, 3.05) is 10.7 Å². The van der Waals surface area contributed by atoms with Crippen LogP contribution in [0.25, 0.3) is 0 Å². The van der Waals surface area contributed by atoms with E-state index in [2.05, 4.69) is 10.4 Å². The molecule has 0 saturated heterocycles. The highest BCUT2D eigenvalue weighted by Gasteiger charge is 2.34. The molecule has 136 valence electrons. The Bertz CT molecular complexity index is 853. The van der Waals surface area contributed by atoms with Crippen molar-refractivity contribution < 1.29 is 18.0 Å². The molecule has 0 saturated carbocycles. The number of carbonyl (C=O) groups is 1. The van der Waals surface area contributed by atoms with Crippen molar-refractivity contribution >= 4 is 17.7 Å². The van der Waals surface area contributed by atoms with E-state index in [1.807, 2.05) is 13.0 Å². The summed E-state index contributed by atoms with van der Waals surface area (Å²) < 4.78 is 38.7. The molecule has 3 rings (SSSR count). The molecule has 1 heterocycles. The third kappa shape index (κ3) is 3.46. The maximum atomic E-state index is 12.9. The fraction of sp³-hybridized carbons (Fsp3) is 0.235. The minimum atomic E-state index is -4.48. The molecule has 1 aliphatic rings. The summed E-state index contributed by atoms with van der Waals surface area (Å²) in [5.74, 6) is 0. The number of alkyl halides is 3. The molecule has 0 aliphatic carbocycles. The predicted octanol–water partition coefficient (Wildman–Crippen LogP) is 3.73. The molecule has 26 heavy (non-hydrogen) atoms. The number of aldehydes is 1. The molecule has 0 fully saturated rings. The van der Waals surface area contributed by atoms with E-state index in [1.165, 1.54) is 17.1 Å². The number of nitrogen functional groups attached to an aromatic ring is 1. The topological polar surface area (TPSA) is 74.3 Å². The van der Waals surface area contributed by atoms with E-state index >= 15 is 0 Å². The second-order valence-electron chi connectivity index (χ2n) is 5.91. The van der Waals surface area contributed by atoms with Crippen LogP contribution in [0, 0.1) is 6.92 Å². The lowest BCUT2D eigenvalue weighted by Gasteiger charge is -2.24. The van der Waals surface area contributed by atoms with Crippen LogP contribution in [0.1, 0.15) is 16.7 Å². The summed E-state index contributed by atoms with van der Waals surface area (Å²) in [6.45, 7) is 2.12. The number of benzene rings is 2. The molecule has 0 aromatic heterocycles. The molecule has 0 bridgehead atoms. The lowest BCUT2D eigenvalue weighted by molar-refractivity contribution is -0.137. The van der Waals surface area contributed by atoms with Crippen molar-refractivity contribution in [3.05, 3.63) is 59.2 Å². The first-order valence-electron chi connectivity index (χ1n) is 7.74. The largest absolute Gasteiger partial charge is 0.416 e. The monoisotopic (exact) mass is 363 g/mol. The minimum Gasteiger partial charge on any atom is -0.399 e. The van der Waals surface area contributed by atoms with Gasteiger partial charge in [0.2, 0.25) is 0 Å². The van der Waals surface area contributed by atoms with Gasteiger partial charge in [0.15, 0.2) is 12.5 Å². The Kier molecular flexibility index (Phi) is 4.54. The third-order valence-corrected chi connectivity index (χ3v) is 4.05. The quantitative estimate of drug-likeness (QED) is 0.664. The van der Waals surface area contributed by atoms with Gasteiger partial charge in [-0.15, -0.1) is 0 Å². The van der Waals surface area contributed by atoms with E-state index < -0.39 is 17.9 Å². The highest BCUT2D eigenvalue weighted by molar-refractivity contribution is 5.66. The molecular weight excluding hydrogens is 347 g/mol. The minimum absolute atomic E-state index is 0.136. The summed E-state index contributed by atoms with van der Waals surface area (Å²) in [5.41, 5.74) is 7.49. The second-order valence-corrected chi connectivity index (χ2v) is 5.91. The van der Waals surface area contributed by atoms with Crippen LogP contribution in [-0.4, -0.2) is 17.5 Å². The van der Waals surface area contributed by atoms with Crippen LogP contribution in [0.5, 0.6) is 0 Å². The lowest BCUT2D eigenvalue weighted by atomic mass is 10.1. The number of nitrogens with zero attached hydrogens (tertiary/aromatic N) is 4. The molecule has 2 aromatic rings. The lowest BCUT2D eigenvalue weighted by Crippen LogP contribution is -2.39. The third-order valence-electron chi connectivity index (χ3n) is 4.05. The number of rotatable bonds is 4. The molecule has 2 aromatic carbocycles. The number of nitrogens with two attached hydrogens (primary N) is 1. The number of carbonyl (C=O) groups excluding carboxylic acids is 1. The number of hydrogen-bond acceptors (Lipinski definition) is 6. The Morgan fingerprint density at radius 3 is 2.62 bits per heavy atom. The number of aryl methyl sites for hydroxylation is 1. The Balaban J connectivity index is 1.83. The normalized spacial score (nSPS) is 17.0. The van der Waals surface area contributed by atoms with E-state index in [1.54, 1.807) is 12.1 Å². The van der Waals surface area contributed by atoms with Crippen molar-refractivity contribution in [1.82, 2.24) is 5.01 Å². The highest BCUT2D eigenvalue weighted by atomic mass is 19.4. The molecule has 1 aliphatic heterocycles. The average molecular weight is 363 g/mol. The van der Waals surface area contributed by atoms with Crippen LogP contribution in [-0.2, 0) is 17.5 Å². The van der Waals surface area contributed by atoms with Crippen LogP contribution < -0.4 is 10.7 Å². The zero-order chi connectivity index (χ0) is 18.9. The van der Waals surface area contributed by atoms with Gasteiger partial charge < -0.3 is 5.73 Å².